The summed E-state index contributed by atoms with van der Waals surface area (Å²) in [5.74, 6) is 1.62. The second-order valence-electron chi connectivity index (χ2n) is 6.96. The third kappa shape index (κ3) is 4.68. The van der Waals surface area contributed by atoms with E-state index in [1.807, 2.05) is 30.3 Å². The highest BCUT2D eigenvalue weighted by Gasteiger charge is 2.19. The summed E-state index contributed by atoms with van der Waals surface area (Å²) in [5, 5.41) is 10.3. The van der Waals surface area contributed by atoms with E-state index in [9.17, 15) is 8.42 Å². The van der Waals surface area contributed by atoms with Crippen LogP contribution in [0.4, 0.5) is 5.69 Å². The Labute approximate surface area is 175 Å². The molecule has 6 nitrogen and oxygen atoms in total. The van der Waals surface area contributed by atoms with Gasteiger partial charge in [0.25, 0.3) is 10.0 Å². The first kappa shape index (κ1) is 19.7. The number of halogens is 1. The quantitative estimate of drug-likeness (QED) is 0.636. The molecule has 0 saturated carbocycles. The van der Waals surface area contributed by atoms with E-state index >= 15 is 0 Å². The SMILES string of the molecule is O=S(=O)(/C=C/c1ccccc1)Nc1ccc(Cl)c(-c2nnc3n2CCCCC3)c1. The van der Waals surface area contributed by atoms with Crippen LogP contribution in [0.2, 0.25) is 5.02 Å². The molecule has 0 unspecified atom stereocenters. The van der Waals surface area contributed by atoms with Crippen molar-refractivity contribution in [2.45, 2.75) is 32.2 Å². The molecule has 2 aromatic carbocycles. The van der Waals surface area contributed by atoms with Crippen LogP contribution in [0.15, 0.2) is 53.9 Å². The molecule has 29 heavy (non-hydrogen) atoms. The third-order valence-corrected chi connectivity index (χ3v) is 6.16. The molecule has 150 valence electrons. The van der Waals surface area contributed by atoms with E-state index in [2.05, 4.69) is 19.5 Å². The maximum Gasteiger partial charge on any atom is 0.255 e. The van der Waals surface area contributed by atoms with Gasteiger partial charge in [0.05, 0.1) is 10.4 Å². The summed E-state index contributed by atoms with van der Waals surface area (Å²) in [6.07, 6.45) is 5.76. The van der Waals surface area contributed by atoms with Crippen molar-refractivity contribution in [3.63, 3.8) is 0 Å². The lowest BCUT2D eigenvalue weighted by molar-refractivity contribution is 0.609. The Morgan fingerprint density at radius 2 is 1.86 bits per heavy atom. The Balaban J connectivity index is 1.61. The predicted molar refractivity (Wildman–Crippen MR) is 116 cm³/mol. The number of hydrogen-bond donors (Lipinski definition) is 1. The summed E-state index contributed by atoms with van der Waals surface area (Å²) >= 11 is 6.41. The van der Waals surface area contributed by atoms with Crippen LogP contribution in [-0.2, 0) is 23.0 Å². The molecule has 8 heteroatoms. The summed E-state index contributed by atoms with van der Waals surface area (Å²) in [6.45, 7) is 0.837. The molecule has 1 aromatic heterocycles. The van der Waals surface area contributed by atoms with Gasteiger partial charge in [-0.2, -0.15) is 0 Å². The fourth-order valence-electron chi connectivity index (χ4n) is 3.37. The van der Waals surface area contributed by atoms with Crippen molar-refractivity contribution in [2.75, 3.05) is 4.72 Å². The van der Waals surface area contributed by atoms with Crippen LogP contribution in [0.25, 0.3) is 17.5 Å². The molecule has 0 aliphatic carbocycles. The Hall–Kier alpha value is -2.64. The van der Waals surface area contributed by atoms with E-state index < -0.39 is 10.0 Å². The van der Waals surface area contributed by atoms with Gasteiger partial charge >= 0.3 is 0 Å². The monoisotopic (exact) mass is 428 g/mol. The predicted octanol–water partition coefficient (Wildman–Crippen LogP) is 4.74. The highest BCUT2D eigenvalue weighted by Crippen LogP contribution is 2.31. The van der Waals surface area contributed by atoms with Gasteiger partial charge in [-0.1, -0.05) is 48.4 Å². The van der Waals surface area contributed by atoms with Gasteiger partial charge in [-0.05, 0) is 42.7 Å². The largest absolute Gasteiger partial charge is 0.311 e. The first-order valence-electron chi connectivity index (χ1n) is 9.50. The van der Waals surface area contributed by atoms with E-state index in [1.165, 1.54) is 0 Å². The highest BCUT2D eigenvalue weighted by molar-refractivity contribution is 7.95. The minimum atomic E-state index is -3.67. The molecule has 0 fully saturated rings. The number of benzene rings is 2. The second-order valence-corrected chi connectivity index (χ2v) is 8.93. The number of anilines is 1. The number of nitrogens with one attached hydrogen (secondary N) is 1. The summed E-state index contributed by atoms with van der Waals surface area (Å²) in [7, 11) is -3.67. The van der Waals surface area contributed by atoms with Gasteiger partial charge in [0.15, 0.2) is 5.82 Å². The third-order valence-electron chi connectivity index (χ3n) is 4.82. The zero-order valence-electron chi connectivity index (χ0n) is 15.8. The number of aromatic nitrogens is 3. The van der Waals surface area contributed by atoms with Crippen LogP contribution in [0.1, 0.15) is 30.7 Å². The number of fused-ring (bicyclic) bond motifs is 1. The first-order valence-corrected chi connectivity index (χ1v) is 11.4. The Morgan fingerprint density at radius 1 is 1.03 bits per heavy atom. The number of aryl methyl sites for hydroxylation is 1. The van der Waals surface area contributed by atoms with Crippen LogP contribution >= 0.6 is 11.6 Å². The molecule has 0 atom stereocenters. The molecule has 0 bridgehead atoms. The number of nitrogens with zero attached hydrogens (tertiary/aromatic N) is 3. The lowest BCUT2D eigenvalue weighted by Gasteiger charge is -2.11. The van der Waals surface area contributed by atoms with Crippen molar-refractivity contribution in [2.24, 2.45) is 0 Å². The maximum atomic E-state index is 12.5. The first-order chi connectivity index (χ1) is 14.0. The normalized spacial score (nSPS) is 14.5. The van der Waals surface area contributed by atoms with Crippen molar-refractivity contribution in [1.29, 1.82) is 0 Å². The molecule has 1 aliphatic rings. The molecule has 4 rings (SSSR count). The van der Waals surface area contributed by atoms with Crippen molar-refractivity contribution in [1.82, 2.24) is 14.8 Å². The van der Waals surface area contributed by atoms with E-state index in [-0.39, 0.29) is 0 Å². The average Bonchev–Trinajstić information content (AvgIpc) is 2.96. The van der Waals surface area contributed by atoms with E-state index in [0.29, 0.717) is 22.1 Å². The smallest absolute Gasteiger partial charge is 0.255 e. The standard InChI is InChI=1S/C21H21ClN4O2S/c22-19-11-10-17(25-29(27,28)14-12-16-7-3-1-4-8-16)15-18(19)21-24-23-20-9-5-2-6-13-26(20)21/h1,3-4,7-8,10-12,14-15,25H,2,5-6,9,13H2/b14-12+. The Morgan fingerprint density at radius 3 is 2.69 bits per heavy atom. The molecule has 0 saturated heterocycles. The maximum absolute atomic E-state index is 12.5. The summed E-state index contributed by atoms with van der Waals surface area (Å²) in [4.78, 5) is 0. The van der Waals surface area contributed by atoms with E-state index in [1.54, 1.807) is 24.3 Å². The molecule has 3 aromatic rings. The number of sulfonamides is 1. The van der Waals surface area contributed by atoms with Gasteiger partial charge < -0.3 is 4.57 Å². The van der Waals surface area contributed by atoms with Crippen molar-refractivity contribution < 1.29 is 8.42 Å². The van der Waals surface area contributed by atoms with Gasteiger partial charge in [0.2, 0.25) is 0 Å². The average molecular weight is 429 g/mol. The summed E-state index contributed by atoms with van der Waals surface area (Å²) < 4.78 is 29.6. The number of rotatable bonds is 5. The fraction of sp³-hybridized carbons (Fsp3) is 0.238. The van der Waals surface area contributed by atoms with E-state index in [4.69, 9.17) is 11.6 Å². The van der Waals surface area contributed by atoms with Crippen molar-refractivity contribution in [3.05, 3.63) is 70.3 Å². The van der Waals surface area contributed by atoms with E-state index in [0.717, 1.165) is 49.0 Å². The molecule has 0 amide bonds. The van der Waals surface area contributed by atoms with Crippen molar-refractivity contribution in [3.8, 4) is 11.4 Å². The summed E-state index contributed by atoms with van der Waals surface area (Å²) in [6, 6.07) is 14.3. The summed E-state index contributed by atoms with van der Waals surface area (Å²) in [5.41, 5.74) is 1.90. The Kier molecular flexibility index (Phi) is 5.69. The van der Waals surface area contributed by atoms with Crippen LogP contribution in [-0.4, -0.2) is 23.2 Å². The zero-order chi connectivity index (χ0) is 20.3. The van der Waals surface area contributed by atoms with Gasteiger partial charge in [0, 0.05) is 24.2 Å². The van der Waals surface area contributed by atoms with Gasteiger partial charge in [0.1, 0.15) is 5.82 Å². The van der Waals surface area contributed by atoms with Gasteiger partial charge in [-0.15, -0.1) is 10.2 Å². The fourth-order valence-corrected chi connectivity index (χ4v) is 4.44. The lowest BCUT2D eigenvalue weighted by atomic mass is 10.2. The van der Waals surface area contributed by atoms with Crippen LogP contribution < -0.4 is 4.72 Å². The molecular weight excluding hydrogens is 408 g/mol. The molecule has 0 spiro atoms. The number of hydrogen-bond acceptors (Lipinski definition) is 4. The van der Waals surface area contributed by atoms with Crippen LogP contribution in [0, 0.1) is 0 Å². The van der Waals surface area contributed by atoms with Crippen LogP contribution in [0.5, 0.6) is 0 Å². The zero-order valence-corrected chi connectivity index (χ0v) is 17.3. The topological polar surface area (TPSA) is 76.9 Å². The lowest BCUT2D eigenvalue weighted by Crippen LogP contribution is -2.09. The molecule has 0 radical (unpaired) electrons. The van der Waals surface area contributed by atoms with Crippen molar-refractivity contribution >= 4 is 33.4 Å². The second kappa shape index (κ2) is 8.39. The molecule has 1 aliphatic heterocycles. The molecular formula is C21H21ClN4O2S. The van der Waals surface area contributed by atoms with Crippen LogP contribution in [0.3, 0.4) is 0 Å². The van der Waals surface area contributed by atoms with Gasteiger partial charge in [-0.3, -0.25) is 4.72 Å². The Bertz CT molecular complexity index is 1140. The minimum Gasteiger partial charge on any atom is -0.311 e. The highest BCUT2D eigenvalue weighted by atomic mass is 35.5. The van der Waals surface area contributed by atoms with Gasteiger partial charge in [-0.25, -0.2) is 8.42 Å². The minimum absolute atomic E-state index is 0.424. The molecule has 2 heterocycles. The molecule has 1 N–H and O–H groups in total.